The van der Waals surface area contributed by atoms with Crippen molar-refractivity contribution < 1.29 is 9.26 Å². The molecule has 2 aliphatic carbocycles. The smallest absolute Gasteiger partial charge is 0.324 e. The van der Waals surface area contributed by atoms with E-state index < -0.39 is 0 Å². The second-order valence-corrected chi connectivity index (χ2v) is 8.87. The molecule has 2 saturated carbocycles. The molecule has 10 heteroatoms. The molecule has 0 spiro atoms. The van der Waals surface area contributed by atoms with Crippen molar-refractivity contribution in [3.8, 4) is 11.6 Å². The Bertz CT molecular complexity index is 1070. The summed E-state index contributed by atoms with van der Waals surface area (Å²) in [6, 6.07) is 10.1. The van der Waals surface area contributed by atoms with Crippen LogP contribution in [0.25, 0.3) is 11.6 Å². The number of nitrogen functional groups attached to an aromatic ring is 1. The lowest BCUT2D eigenvalue weighted by Crippen LogP contribution is -2.25. The quantitative estimate of drug-likeness (QED) is 0.573. The molecule has 3 heterocycles. The summed E-state index contributed by atoms with van der Waals surface area (Å²) < 4.78 is 11.6. The molecule has 2 aromatic heterocycles. The van der Waals surface area contributed by atoms with E-state index >= 15 is 0 Å². The normalized spacial score (nSPS) is 24.6. The molecule has 0 amide bonds. The lowest BCUT2D eigenvalue weighted by atomic mass is 10.2. The van der Waals surface area contributed by atoms with Gasteiger partial charge in [0, 0.05) is 18.8 Å². The molecule has 2 atom stereocenters. The molecule has 1 aliphatic heterocycles. The van der Waals surface area contributed by atoms with Crippen LogP contribution in [0.1, 0.15) is 25.7 Å². The van der Waals surface area contributed by atoms with Crippen LogP contribution in [0.15, 0.2) is 34.9 Å². The Hall–Kier alpha value is -3.27. The number of hydrogen-bond donors (Lipinski definition) is 2. The average Bonchev–Trinajstić information content (AvgIpc) is 3.33. The largest absolute Gasteiger partial charge is 0.378 e. The van der Waals surface area contributed by atoms with Crippen molar-refractivity contribution in [3.05, 3.63) is 30.3 Å². The summed E-state index contributed by atoms with van der Waals surface area (Å²) in [6.45, 7) is 2.74. The second kappa shape index (κ2) is 8.01. The van der Waals surface area contributed by atoms with E-state index in [9.17, 15) is 0 Å². The molecular weight excluding hydrogens is 408 g/mol. The fraction of sp³-hybridized carbons (Fsp3) is 0.500. The van der Waals surface area contributed by atoms with Crippen molar-refractivity contribution >= 4 is 23.6 Å². The Balaban J connectivity index is 1.09. The first-order valence-electron chi connectivity index (χ1n) is 11.3. The molecule has 0 bridgehead atoms. The highest BCUT2D eigenvalue weighted by atomic mass is 16.5. The average molecular weight is 435 g/mol. The van der Waals surface area contributed by atoms with E-state index in [2.05, 4.69) is 35.3 Å². The SMILES string of the molecule is Nc1nc(Nc2ccccc2)nc(-c2noc(N3CC4C(COC5CCCC5)C4C3)n2)n1. The lowest BCUT2D eigenvalue weighted by molar-refractivity contribution is 0.0461. The van der Waals surface area contributed by atoms with Gasteiger partial charge in [-0.3, -0.25) is 0 Å². The van der Waals surface area contributed by atoms with E-state index in [1.807, 2.05) is 30.3 Å². The molecule has 1 saturated heterocycles. The fourth-order valence-corrected chi connectivity index (χ4v) is 4.99. The zero-order valence-electron chi connectivity index (χ0n) is 17.7. The summed E-state index contributed by atoms with van der Waals surface area (Å²) in [7, 11) is 0. The van der Waals surface area contributed by atoms with E-state index in [-0.39, 0.29) is 11.8 Å². The molecule has 1 aromatic carbocycles. The highest BCUT2D eigenvalue weighted by molar-refractivity contribution is 5.57. The summed E-state index contributed by atoms with van der Waals surface area (Å²) in [5.74, 6) is 2.97. The minimum absolute atomic E-state index is 0.0901. The lowest BCUT2D eigenvalue weighted by Gasteiger charge is -2.17. The number of benzene rings is 1. The van der Waals surface area contributed by atoms with Crippen LogP contribution in [-0.4, -0.2) is 50.9 Å². The van der Waals surface area contributed by atoms with Crippen molar-refractivity contribution in [1.29, 1.82) is 0 Å². The number of rotatable bonds is 7. The van der Waals surface area contributed by atoms with Crippen molar-refractivity contribution in [1.82, 2.24) is 25.1 Å². The number of piperidine rings is 1. The standard InChI is InChI=1S/C22H26N8O2/c23-20-25-18(26-21(28-20)24-13-6-2-1-3-7-13)19-27-22(32-29-19)30-10-15-16(11-30)17(15)12-31-14-8-4-5-9-14/h1-3,6-7,14-17H,4-5,8-12H2,(H3,23,24,25,26,28). The molecule has 166 valence electrons. The van der Waals surface area contributed by atoms with Gasteiger partial charge in [0.15, 0.2) is 0 Å². The summed E-state index contributed by atoms with van der Waals surface area (Å²) in [4.78, 5) is 19.4. The molecular formula is C22H26N8O2. The number of nitrogens with one attached hydrogen (secondary N) is 1. The number of nitrogens with zero attached hydrogens (tertiary/aromatic N) is 6. The van der Waals surface area contributed by atoms with Crippen molar-refractivity contribution in [2.75, 3.05) is 35.6 Å². The van der Waals surface area contributed by atoms with E-state index in [0.717, 1.165) is 25.4 Å². The second-order valence-electron chi connectivity index (χ2n) is 8.87. The van der Waals surface area contributed by atoms with Gasteiger partial charge in [-0.15, -0.1) is 0 Å². The molecule has 0 radical (unpaired) electrons. The highest BCUT2D eigenvalue weighted by Crippen LogP contribution is 2.52. The van der Waals surface area contributed by atoms with Crippen LogP contribution >= 0.6 is 0 Å². The van der Waals surface area contributed by atoms with Crippen LogP contribution in [0.2, 0.25) is 0 Å². The van der Waals surface area contributed by atoms with Gasteiger partial charge in [-0.05, 0) is 42.7 Å². The van der Waals surface area contributed by atoms with E-state index in [4.69, 9.17) is 15.0 Å². The number of para-hydroxylation sites is 1. The minimum Gasteiger partial charge on any atom is -0.378 e. The molecule has 3 aromatic rings. The minimum atomic E-state index is 0.0901. The highest BCUT2D eigenvalue weighted by Gasteiger charge is 2.56. The zero-order chi connectivity index (χ0) is 21.5. The van der Waals surface area contributed by atoms with Crippen molar-refractivity contribution in [2.45, 2.75) is 31.8 Å². The molecule has 6 rings (SSSR count). The molecule has 3 N–H and O–H groups in total. The first-order valence-corrected chi connectivity index (χ1v) is 11.3. The van der Waals surface area contributed by atoms with E-state index in [0.29, 0.717) is 41.6 Å². The van der Waals surface area contributed by atoms with Crippen LogP contribution in [0.3, 0.4) is 0 Å². The molecule has 3 aliphatic rings. The van der Waals surface area contributed by atoms with Gasteiger partial charge >= 0.3 is 6.01 Å². The number of nitrogens with two attached hydrogens (primary N) is 1. The van der Waals surface area contributed by atoms with Crippen LogP contribution in [-0.2, 0) is 4.74 Å². The fourth-order valence-electron chi connectivity index (χ4n) is 4.99. The summed E-state index contributed by atoms with van der Waals surface area (Å²) in [5, 5.41) is 7.19. The number of anilines is 4. The Morgan fingerprint density at radius 2 is 1.78 bits per heavy atom. The third-order valence-corrected chi connectivity index (χ3v) is 6.77. The third-order valence-electron chi connectivity index (χ3n) is 6.77. The number of aromatic nitrogens is 5. The molecule has 32 heavy (non-hydrogen) atoms. The monoisotopic (exact) mass is 434 g/mol. The van der Waals surface area contributed by atoms with Gasteiger partial charge in [-0.2, -0.15) is 19.9 Å². The Labute approximate surface area is 185 Å². The number of fused-ring (bicyclic) bond motifs is 1. The molecule has 2 unspecified atom stereocenters. The maximum atomic E-state index is 6.12. The van der Waals surface area contributed by atoms with Crippen LogP contribution in [0, 0.1) is 17.8 Å². The van der Waals surface area contributed by atoms with Gasteiger partial charge in [0.2, 0.25) is 23.5 Å². The summed E-state index contributed by atoms with van der Waals surface area (Å²) in [6.07, 6.45) is 5.56. The van der Waals surface area contributed by atoms with Gasteiger partial charge in [0.05, 0.1) is 12.7 Å². The maximum Gasteiger partial charge on any atom is 0.324 e. The van der Waals surface area contributed by atoms with Gasteiger partial charge in [-0.1, -0.05) is 36.2 Å². The third kappa shape index (κ3) is 3.86. The Morgan fingerprint density at radius 1 is 1.00 bits per heavy atom. The van der Waals surface area contributed by atoms with E-state index in [1.54, 1.807) is 0 Å². The molecule has 3 fully saturated rings. The van der Waals surface area contributed by atoms with Crippen LogP contribution in [0.5, 0.6) is 0 Å². The predicted molar refractivity (Wildman–Crippen MR) is 118 cm³/mol. The predicted octanol–water partition coefficient (Wildman–Crippen LogP) is 2.89. The Kier molecular flexibility index (Phi) is 4.86. The number of hydrogen-bond acceptors (Lipinski definition) is 10. The van der Waals surface area contributed by atoms with Gasteiger partial charge < -0.3 is 25.2 Å². The van der Waals surface area contributed by atoms with E-state index in [1.165, 1.54) is 25.7 Å². The first kappa shape index (κ1) is 19.4. The van der Waals surface area contributed by atoms with Gasteiger partial charge in [-0.25, -0.2) is 0 Å². The topological polar surface area (TPSA) is 128 Å². The zero-order valence-corrected chi connectivity index (χ0v) is 17.7. The van der Waals surface area contributed by atoms with Gasteiger partial charge in [0.25, 0.3) is 0 Å². The Morgan fingerprint density at radius 3 is 2.56 bits per heavy atom. The summed E-state index contributed by atoms with van der Waals surface area (Å²) >= 11 is 0. The maximum absolute atomic E-state index is 6.12. The van der Waals surface area contributed by atoms with Crippen LogP contribution < -0.4 is 16.0 Å². The number of ether oxygens (including phenoxy) is 1. The summed E-state index contributed by atoms with van der Waals surface area (Å²) in [5.41, 5.74) is 6.73. The van der Waals surface area contributed by atoms with Crippen molar-refractivity contribution in [3.63, 3.8) is 0 Å². The van der Waals surface area contributed by atoms with Gasteiger partial charge in [0.1, 0.15) is 0 Å². The van der Waals surface area contributed by atoms with Crippen molar-refractivity contribution in [2.24, 2.45) is 17.8 Å². The van der Waals surface area contributed by atoms with Crippen LogP contribution in [0.4, 0.5) is 23.6 Å². The molecule has 10 nitrogen and oxygen atoms in total. The first-order chi connectivity index (χ1) is 15.7.